The Morgan fingerprint density at radius 2 is 1.69 bits per heavy atom. The fraction of sp³-hybridized carbons (Fsp3) is 0.500. The van der Waals surface area contributed by atoms with Gasteiger partial charge in [-0.2, -0.15) is 0 Å². The number of likely N-dealkylation sites (tertiary alicyclic amines) is 2. The van der Waals surface area contributed by atoms with E-state index >= 15 is 0 Å². The van der Waals surface area contributed by atoms with Crippen molar-refractivity contribution in [1.29, 1.82) is 0 Å². The maximum absolute atomic E-state index is 12.8. The molecule has 2 fully saturated rings. The maximum Gasteiger partial charge on any atom is 0.229 e. The molecule has 2 heterocycles. The Morgan fingerprint density at radius 3 is 2.37 bits per heavy atom. The second kappa shape index (κ2) is 11.6. The van der Waals surface area contributed by atoms with Gasteiger partial charge < -0.3 is 19.7 Å². The van der Waals surface area contributed by atoms with Gasteiger partial charge in [0.15, 0.2) is 11.5 Å². The van der Waals surface area contributed by atoms with E-state index in [2.05, 4.69) is 29.3 Å². The van der Waals surface area contributed by atoms with Crippen molar-refractivity contribution in [3.8, 4) is 11.5 Å². The summed E-state index contributed by atoms with van der Waals surface area (Å²) in [6.07, 6.45) is 3.47. The Hall–Kier alpha value is -3.06. The Balaban J connectivity index is 1.25. The smallest absolute Gasteiger partial charge is 0.229 e. The summed E-state index contributed by atoms with van der Waals surface area (Å²) in [5, 5.41) is 3.00. The molecule has 2 aliphatic heterocycles. The van der Waals surface area contributed by atoms with Crippen molar-refractivity contribution < 1.29 is 19.1 Å². The molecule has 1 atom stereocenters. The SMILES string of the molecule is COc1ccc(CCN2C[C@H](C(=O)Nc3ccc(CN4CCC(C)CC4)cc3)CC2=O)cc1OC. The third-order valence-corrected chi connectivity index (χ3v) is 7.21. The van der Waals surface area contributed by atoms with Crippen LogP contribution >= 0.6 is 0 Å². The maximum atomic E-state index is 12.8. The first-order valence-corrected chi connectivity index (χ1v) is 12.6. The van der Waals surface area contributed by atoms with E-state index in [9.17, 15) is 9.59 Å². The highest BCUT2D eigenvalue weighted by Gasteiger charge is 2.34. The van der Waals surface area contributed by atoms with Crippen LogP contribution in [0, 0.1) is 11.8 Å². The third kappa shape index (κ3) is 6.54. The van der Waals surface area contributed by atoms with Crippen LogP contribution < -0.4 is 14.8 Å². The minimum absolute atomic E-state index is 0.0248. The largest absolute Gasteiger partial charge is 0.493 e. The van der Waals surface area contributed by atoms with Gasteiger partial charge in [0.25, 0.3) is 0 Å². The number of piperidine rings is 1. The van der Waals surface area contributed by atoms with Gasteiger partial charge in [-0.15, -0.1) is 0 Å². The zero-order valence-corrected chi connectivity index (χ0v) is 21.1. The van der Waals surface area contributed by atoms with E-state index in [4.69, 9.17) is 9.47 Å². The van der Waals surface area contributed by atoms with Crippen molar-refractivity contribution in [3.63, 3.8) is 0 Å². The highest BCUT2D eigenvalue weighted by atomic mass is 16.5. The fourth-order valence-electron chi connectivity index (χ4n) is 4.88. The minimum atomic E-state index is -0.331. The molecule has 35 heavy (non-hydrogen) atoms. The van der Waals surface area contributed by atoms with E-state index in [0.717, 1.165) is 36.8 Å². The summed E-state index contributed by atoms with van der Waals surface area (Å²) in [6, 6.07) is 13.9. The molecular formula is C28H37N3O4. The molecule has 0 aromatic heterocycles. The molecule has 2 aromatic rings. The number of hydrogen-bond donors (Lipinski definition) is 1. The zero-order chi connectivity index (χ0) is 24.8. The molecule has 2 aromatic carbocycles. The molecule has 2 amide bonds. The standard InChI is InChI=1S/C28H37N3O4/c1-20-10-13-30(14-11-20)18-22-4-7-24(8-5-22)29-28(33)23-17-27(32)31(19-23)15-12-21-6-9-25(34-2)26(16-21)35-3/h4-9,16,20,23H,10-15,17-19H2,1-3H3,(H,29,33)/t23-/m1/s1. The summed E-state index contributed by atoms with van der Waals surface area (Å²) in [5.41, 5.74) is 3.10. The Morgan fingerprint density at radius 1 is 1.00 bits per heavy atom. The van der Waals surface area contributed by atoms with Gasteiger partial charge in [-0.3, -0.25) is 14.5 Å². The molecule has 188 valence electrons. The molecule has 7 heteroatoms. The number of carbonyl (C=O) groups is 2. The molecule has 0 saturated carbocycles. The third-order valence-electron chi connectivity index (χ3n) is 7.21. The van der Waals surface area contributed by atoms with Crippen LogP contribution in [0.2, 0.25) is 0 Å². The summed E-state index contributed by atoms with van der Waals surface area (Å²) >= 11 is 0. The predicted molar refractivity (Wildman–Crippen MR) is 137 cm³/mol. The summed E-state index contributed by atoms with van der Waals surface area (Å²) in [7, 11) is 3.22. The number of anilines is 1. The van der Waals surface area contributed by atoms with Crippen LogP contribution in [-0.2, 0) is 22.6 Å². The van der Waals surface area contributed by atoms with E-state index in [1.54, 1.807) is 19.1 Å². The molecule has 2 saturated heterocycles. The predicted octanol–water partition coefficient (Wildman–Crippen LogP) is 3.97. The molecular weight excluding hydrogens is 442 g/mol. The van der Waals surface area contributed by atoms with E-state index in [0.29, 0.717) is 31.0 Å². The summed E-state index contributed by atoms with van der Waals surface area (Å²) in [5.74, 6) is 1.78. The van der Waals surface area contributed by atoms with Gasteiger partial charge in [-0.1, -0.05) is 25.1 Å². The van der Waals surface area contributed by atoms with Crippen LogP contribution in [0.5, 0.6) is 11.5 Å². The Bertz CT molecular complexity index is 1020. The number of benzene rings is 2. The van der Waals surface area contributed by atoms with Crippen molar-refractivity contribution in [1.82, 2.24) is 9.80 Å². The lowest BCUT2D eigenvalue weighted by Gasteiger charge is -2.30. The van der Waals surface area contributed by atoms with Gasteiger partial charge in [0.2, 0.25) is 11.8 Å². The molecule has 0 radical (unpaired) electrons. The van der Waals surface area contributed by atoms with E-state index in [1.807, 2.05) is 30.3 Å². The van der Waals surface area contributed by atoms with E-state index < -0.39 is 0 Å². The zero-order valence-electron chi connectivity index (χ0n) is 21.1. The number of ether oxygens (including phenoxy) is 2. The molecule has 1 N–H and O–H groups in total. The lowest BCUT2D eigenvalue weighted by Crippen LogP contribution is -2.32. The van der Waals surface area contributed by atoms with Gasteiger partial charge in [0.05, 0.1) is 20.1 Å². The first-order valence-electron chi connectivity index (χ1n) is 12.6. The average molecular weight is 480 g/mol. The molecule has 0 unspecified atom stereocenters. The molecule has 4 rings (SSSR count). The normalized spacial score (nSPS) is 19.1. The molecule has 2 aliphatic rings. The minimum Gasteiger partial charge on any atom is -0.493 e. The van der Waals surface area contributed by atoms with Crippen LogP contribution in [0.25, 0.3) is 0 Å². The van der Waals surface area contributed by atoms with Crippen molar-refractivity contribution in [2.24, 2.45) is 11.8 Å². The van der Waals surface area contributed by atoms with Crippen LogP contribution in [0.4, 0.5) is 5.69 Å². The van der Waals surface area contributed by atoms with Gasteiger partial charge in [-0.25, -0.2) is 0 Å². The second-order valence-corrected chi connectivity index (χ2v) is 9.82. The lowest BCUT2D eigenvalue weighted by molar-refractivity contribution is -0.128. The Kier molecular flexibility index (Phi) is 8.29. The monoisotopic (exact) mass is 479 g/mol. The number of nitrogens with zero attached hydrogens (tertiary/aromatic N) is 2. The van der Waals surface area contributed by atoms with Crippen LogP contribution in [0.1, 0.15) is 37.3 Å². The summed E-state index contributed by atoms with van der Waals surface area (Å²) < 4.78 is 10.6. The number of carbonyl (C=O) groups excluding carboxylic acids is 2. The summed E-state index contributed by atoms with van der Waals surface area (Å²) in [4.78, 5) is 29.7. The first kappa shape index (κ1) is 25.0. The number of methoxy groups -OCH3 is 2. The number of amides is 2. The molecule has 7 nitrogen and oxygen atoms in total. The van der Waals surface area contributed by atoms with Gasteiger partial charge >= 0.3 is 0 Å². The van der Waals surface area contributed by atoms with Gasteiger partial charge in [0, 0.05) is 31.7 Å². The van der Waals surface area contributed by atoms with Gasteiger partial charge in [0.1, 0.15) is 0 Å². The van der Waals surface area contributed by atoms with Crippen LogP contribution in [0.15, 0.2) is 42.5 Å². The second-order valence-electron chi connectivity index (χ2n) is 9.82. The summed E-state index contributed by atoms with van der Waals surface area (Å²) in [6.45, 7) is 6.60. The lowest BCUT2D eigenvalue weighted by atomic mass is 9.99. The fourth-order valence-corrected chi connectivity index (χ4v) is 4.88. The van der Waals surface area contributed by atoms with Crippen molar-refractivity contribution in [2.75, 3.05) is 45.7 Å². The van der Waals surface area contributed by atoms with Crippen molar-refractivity contribution in [2.45, 2.75) is 39.2 Å². The Labute approximate surface area is 208 Å². The topological polar surface area (TPSA) is 71.1 Å². The van der Waals surface area contributed by atoms with Crippen LogP contribution in [0.3, 0.4) is 0 Å². The molecule has 0 bridgehead atoms. The van der Waals surface area contributed by atoms with Gasteiger partial charge in [-0.05, 0) is 73.7 Å². The number of nitrogens with one attached hydrogen (secondary N) is 1. The molecule has 0 spiro atoms. The van der Waals surface area contributed by atoms with E-state index in [-0.39, 0.29) is 24.2 Å². The number of hydrogen-bond acceptors (Lipinski definition) is 5. The molecule has 0 aliphatic carbocycles. The highest BCUT2D eigenvalue weighted by Crippen LogP contribution is 2.28. The quantitative estimate of drug-likeness (QED) is 0.589. The van der Waals surface area contributed by atoms with Crippen molar-refractivity contribution in [3.05, 3.63) is 53.6 Å². The van der Waals surface area contributed by atoms with E-state index in [1.165, 1.54) is 18.4 Å². The van der Waals surface area contributed by atoms with Crippen LogP contribution in [-0.4, -0.2) is 62.0 Å². The first-order chi connectivity index (χ1) is 16.9. The average Bonchev–Trinajstić information content (AvgIpc) is 3.25. The highest BCUT2D eigenvalue weighted by molar-refractivity contribution is 5.97. The number of rotatable bonds is 9. The van der Waals surface area contributed by atoms with Crippen molar-refractivity contribution >= 4 is 17.5 Å².